The third-order valence-electron chi connectivity index (χ3n) is 4.12. The predicted molar refractivity (Wildman–Crippen MR) is 109 cm³/mol. The minimum atomic E-state index is -0.0328. The maximum Gasteiger partial charge on any atom is 0.191 e. The second-order valence-corrected chi connectivity index (χ2v) is 6.46. The van der Waals surface area contributed by atoms with Gasteiger partial charge in [-0.05, 0) is 45.4 Å². The monoisotopic (exact) mass is 373 g/mol. The van der Waals surface area contributed by atoms with Crippen molar-refractivity contribution in [2.75, 3.05) is 27.2 Å². The fourth-order valence-electron chi connectivity index (χ4n) is 2.77. The minimum absolute atomic E-state index is 0.0328. The molecule has 1 atom stereocenters. The number of guanidine groups is 1. The SMILES string of the molecule is CN=C(NCCCn1nc(C)cc1C)NCC(C)Oc1ccccc1OC. The molecule has 0 spiro atoms. The van der Waals surface area contributed by atoms with E-state index in [0.717, 1.165) is 42.7 Å². The molecule has 0 aliphatic rings. The summed E-state index contributed by atoms with van der Waals surface area (Å²) in [6.07, 6.45) is 0.935. The first-order chi connectivity index (χ1) is 13.0. The van der Waals surface area contributed by atoms with Crippen LogP contribution in [-0.2, 0) is 6.54 Å². The van der Waals surface area contributed by atoms with E-state index in [9.17, 15) is 0 Å². The Morgan fingerprint density at radius 2 is 1.96 bits per heavy atom. The Hall–Kier alpha value is -2.70. The standard InChI is InChI=1S/C20H31N5O2/c1-15-13-16(2)25(24-15)12-8-11-22-20(21-4)23-14-17(3)27-19-10-7-6-9-18(19)26-5/h6-7,9-10,13,17H,8,11-12,14H2,1-5H3,(H2,21,22,23). The lowest BCUT2D eigenvalue weighted by Gasteiger charge is -2.19. The van der Waals surface area contributed by atoms with Gasteiger partial charge in [0.15, 0.2) is 17.5 Å². The van der Waals surface area contributed by atoms with Crippen LogP contribution in [0, 0.1) is 13.8 Å². The quantitative estimate of drug-likeness (QED) is 0.401. The van der Waals surface area contributed by atoms with Crippen LogP contribution >= 0.6 is 0 Å². The first-order valence-corrected chi connectivity index (χ1v) is 9.28. The Morgan fingerprint density at radius 3 is 2.59 bits per heavy atom. The molecule has 0 amide bonds. The van der Waals surface area contributed by atoms with Crippen LogP contribution in [0.3, 0.4) is 0 Å². The summed E-state index contributed by atoms with van der Waals surface area (Å²) < 4.78 is 13.3. The molecule has 0 aliphatic carbocycles. The molecule has 0 saturated carbocycles. The van der Waals surface area contributed by atoms with Crippen LogP contribution in [0.1, 0.15) is 24.7 Å². The summed E-state index contributed by atoms with van der Waals surface area (Å²) in [5.74, 6) is 2.23. The van der Waals surface area contributed by atoms with Gasteiger partial charge in [-0.3, -0.25) is 9.67 Å². The second-order valence-electron chi connectivity index (χ2n) is 6.46. The summed E-state index contributed by atoms with van der Waals surface area (Å²) >= 11 is 0. The number of aromatic nitrogens is 2. The molecule has 0 bridgehead atoms. The second kappa shape index (κ2) is 10.4. The van der Waals surface area contributed by atoms with Crippen molar-refractivity contribution in [3.8, 4) is 11.5 Å². The van der Waals surface area contributed by atoms with Crippen molar-refractivity contribution < 1.29 is 9.47 Å². The number of ether oxygens (including phenoxy) is 2. The summed E-state index contributed by atoms with van der Waals surface area (Å²) in [4.78, 5) is 4.26. The van der Waals surface area contributed by atoms with Crippen LogP contribution in [0.2, 0.25) is 0 Å². The zero-order chi connectivity index (χ0) is 19.6. The predicted octanol–water partition coefficient (Wildman–Crippen LogP) is 2.53. The highest BCUT2D eigenvalue weighted by Crippen LogP contribution is 2.26. The average Bonchev–Trinajstić information content (AvgIpc) is 2.98. The van der Waals surface area contributed by atoms with E-state index in [1.165, 1.54) is 5.69 Å². The Balaban J connectivity index is 1.71. The number of nitrogens with one attached hydrogen (secondary N) is 2. The molecule has 7 heteroatoms. The van der Waals surface area contributed by atoms with Crippen molar-refractivity contribution in [1.29, 1.82) is 0 Å². The van der Waals surface area contributed by atoms with Crippen molar-refractivity contribution in [3.63, 3.8) is 0 Å². The van der Waals surface area contributed by atoms with Gasteiger partial charge in [-0.1, -0.05) is 12.1 Å². The number of nitrogens with zero attached hydrogens (tertiary/aromatic N) is 3. The molecule has 2 rings (SSSR count). The molecule has 148 valence electrons. The summed E-state index contributed by atoms with van der Waals surface area (Å²) in [7, 11) is 3.41. The maximum atomic E-state index is 5.95. The van der Waals surface area contributed by atoms with Crippen LogP contribution in [0.25, 0.3) is 0 Å². The molecule has 2 N–H and O–H groups in total. The third kappa shape index (κ3) is 6.51. The van der Waals surface area contributed by atoms with E-state index in [2.05, 4.69) is 33.7 Å². The van der Waals surface area contributed by atoms with Gasteiger partial charge in [-0.25, -0.2) is 0 Å². The molecule has 1 heterocycles. The third-order valence-corrected chi connectivity index (χ3v) is 4.12. The van der Waals surface area contributed by atoms with Crippen LogP contribution in [0.4, 0.5) is 0 Å². The summed E-state index contributed by atoms with van der Waals surface area (Å²) in [5, 5.41) is 11.1. The highest BCUT2D eigenvalue weighted by molar-refractivity contribution is 5.79. The lowest BCUT2D eigenvalue weighted by atomic mass is 10.3. The summed E-state index contributed by atoms with van der Waals surface area (Å²) in [6, 6.07) is 9.74. The van der Waals surface area contributed by atoms with Gasteiger partial charge in [-0.2, -0.15) is 5.10 Å². The van der Waals surface area contributed by atoms with Crippen LogP contribution in [-0.4, -0.2) is 49.1 Å². The van der Waals surface area contributed by atoms with E-state index >= 15 is 0 Å². The molecule has 2 aromatic rings. The van der Waals surface area contributed by atoms with Gasteiger partial charge in [0, 0.05) is 25.8 Å². The smallest absolute Gasteiger partial charge is 0.191 e. The van der Waals surface area contributed by atoms with Gasteiger partial charge in [0.05, 0.1) is 19.3 Å². The van der Waals surface area contributed by atoms with E-state index in [1.807, 2.05) is 42.8 Å². The lowest BCUT2D eigenvalue weighted by Crippen LogP contribution is -2.42. The van der Waals surface area contributed by atoms with E-state index in [0.29, 0.717) is 6.54 Å². The van der Waals surface area contributed by atoms with Gasteiger partial charge in [0.1, 0.15) is 6.10 Å². The van der Waals surface area contributed by atoms with Crippen LogP contribution in [0.15, 0.2) is 35.3 Å². The van der Waals surface area contributed by atoms with E-state index in [4.69, 9.17) is 9.47 Å². The zero-order valence-corrected chi connectivity index (χ0v) is 17.0. The topological polar surface area (TPSA) is 72.7 Å². The molecule has 1 aromatic carbocycles. The Kier molecular flexibility index (Phi) is 7.98. The van der Waals surface area contributed by atoms with Crippen molar-refractivity contribution in [2.45, 2.75) is 39.8 Å². The molecule has 27 heavy (non-hydrogen) atoms. The average molecular weight is 374 g/mol. The Bertz CT molecular complexity index is 742. The fourth-order valence-corrected chi connectivity index (χ4v) is 2.77. The summed E-state index contributed by atoms with van der Waals surface area (Å²) in [6.45, 7) is 8.44. The molecular formula is C20H31N5O2. The number of aryl methyl sites for hydroxylation is 3. The van der Waals surface area contributed by atoms with Gasteiger partial charge in [0.2, 0.25) is 0 Å². The number of methoxy groups -OCH3 is 1. The fraction of sp³-hybridized carbons (Fsp3) is 0.500. The van der Waals surface area contributed by atoms with Crippen LogP contribution in [0.5, 0.6) is 11.5 Å². The molecule has 0 aliphatic heterocycles. The van der Waals surface area contributed by atoms with Gasteiger partial charge in [-0.15, -0.1) is 0 Å². The Morgan fingerprint density at radius 1 is 1.22 bits per heavy atom. The maximum absolute atomic E-state index is 5.95. The normalized spacial score (nSPS) is 12.6. The van der Waals surface area contributed by atoms with Crippen LogP contribution < -0.4 is 20.1 Å². The number of rotatable bonds is 9. The van der Waals surface area contributed by atoms with E-state index < -0.39 is 0 Å². The first kappa shape index (κ1) is 20.6. The summed E-state index contributed by atoms with van der Waals surface area (Å²) in [5.41, 5.74) is 2.25. The van der Waals surface area contributed by atoms with Gasteiger partial charge in [0.25, 0.3) is 0 Å². The number of hydrogen-bond donors (Lipinski definition) is 2. The lowest BCUT2D eigenvalue weighted by molar-refractivity contribution is 0.213. The highest BCUT2D eigenvalue weighted by atomic mass is 16.5. The van der Waals surface area contributed by atoms with Gasteiger partial charge >= 0.3 is 0 Å². The van der Waals surface area contributed by atoms with E-state index in [-0.39, 0.29) is 6.10 Å². The molecular weight excluding hydrogens is 342 g/mol. The Labute approximate surface area is 161 Å². The van der Waals surface area contributed by atoms with Crippen molar-refractivity contribution in [2.24, 2.45) is 4.99 Å². The van der Waals surface area contributed by atoms with Crippen molar-refractivity contribution in [1.82, 2.24) is 20.4 Å². The molecule has 7 nitrogen and oxygen atoms in total. The van der Waals surface area contributed by atoms with Crippen molar-refractivity contribution >= 4 is 5.96 Å². The molecule has 0 radical (unpaired) electrons. The van der Waals surface area contributed by atoms with Crippen molar-refractivity contribution in [3.05, 3.63) is 41.7 Å². The van der Waals surface area contributed by atoms with Gasteiger partial charge < -0.3 is 20.1 Å². The van der Waals surface area contributed by atoms with E-state index in [1.54, 1.807) is 14.2 Å². The zero-order valence-electron chi connectivity index (χ0n) is 17.0. The number of benzene rings is 1. The number of hydrogen-bond acceptors (Lipinski definition) is 4. The molecule has 0 fully saturated rings. The first-order valence-electron chi connectivity index (χ1n) is 9.28. The number of para-hydroxylation sites is 2. The molecule has 1 aromatic heterocycles. The molecule has 0 saturated heterocycles. The molecule has 1 unspecified atom stereocenters. The highest BCUT2D eigenvalue weighted by Gasteiger charge is 2.09. The minimum Gasteiger partial charge on any atom is -0.493 e. The number of aliphatic imine (C=N–C) groups is 1. The largest absolute Gasteiger partial charge is 0.493 e.